The van der Waals surface area contributed by atoms with E-state index in [9.17, 15) is 10.1 Å². The zero-order valence-electron chi connectivity index (χ0n) is 11.3. The molecule has 3 heteroatoms. The molecule has 0 heterocycles. The van der Waals surface area contributed by atoms with E-state index < -0.39 is 5.41 Å². The number of carbonyl (C=O) groups excluding carboxylic acids is 1. The molecule has 1 rings (SSSR count). The molecule has 0 bridgehead atoms. The van der Waals surface area contributed by atoms with E-state index in [1.54, 1.807) is 0 Å². The van der Waals surface area contributed by atoms with E-state index in [1.165, 1.54) is 6.42 Å². The summed E-state index contributed by atoms with van der Waals surface area (Å²) in [6, 6.07) is 2.28. The third-order valence-corrected chi connectivity index (χ3v) is 3.87. The molecule has 1 N–H and O–H groups in total. The summed E-state index contributed by atoms with van der Waals surface area (Å²) in [5.74, 6) is -0.0501. The van der Waals surface area contributed by atoms with Gasteiger partial charge in [0.2, 0.25) is 5.91 Å². The SMILES string of the molecule is CCCC(C#N)(CCC)C(=O)NC1(C)CCC1. The summed E-state index contributed by atoms with van der Waals surface area (Å²) in [6.07, 6.45) is 6.34. The van der Waals surface area contributed by atoms with E-state index in [0.29, 0.717) is 12.8 Å². The van der Waals surface area contributed by atoms with Crippen LogP contribution in [-0.2, 0) is 4.79 Å². The van der Waals surface area contributed by atoms with Crippen LogP contribution >= 0.6 is 0 Å². The highest BCUT2D eigenvalue weighted by molar-refractivity contribution is 5.86. The summed E-state index contributed by atoms with van der Waals surface area (Å²) in [4.78, 5) is 12.4. The molecule has 0 aromatic rings. The molecular formula is C14H24N2O. The van der Waals surface area contributed by atoms with Crippen molar-refractivity contribution in [1.29, 1.82) is 5.26 Å². The van der Waals surface area contributed by atoms with Crippen LogP contribution in [-0.4, -0.2) is 11.4 Å². The second kappa shape index (κ2) is 5.53. The van der Waals surface area contributed by atoms with Gasteiger partial charge in [0.05, 0.1) is 6.07 Å². The fourth-order valence-electron chi connectivity index (χ4n) is 2.59. The standard InChI is InChI=1S/C14H24N2O/c1-4-7-14(11-15,8-5-2)12(17)16-13(3)9-6-10-13/h4-10H2,1-3H3,(H,16,17). The average Bonchev–Trinajstić information content (AvgIpc) is 2.26. The van der Waals surface area contributed by atoms with Crippen molar-refractivity contribution in [3.63, 3.8) is 0 Å². The molecule has 1 aliphatic carbocycles. The molecule has 1 amide bonds. The minimum atomic E-state index is -0.803. The van der Waals surface area contributed by atoms with Gasteiger partial charge in [0.25, 0.3) is 0 Å². The van der Waals surface area contributed by atoms with Crippen molar-refractivity contribution < 1.29 is 4.79 Å². The van der Waals surface area contributed by atoms with Crippen molar-refractivity contribution in [2.75, 3.05) is 0 Å². The minimum absolute atomic E-state index is 0.0501. The number of nitrogens with one attached hydrogen (secondary N) is 1. The quantitative estimate of drug-likeness (QED) is 0.770. The normalized spacial score (nSPS) is 18.0. The highest BCUT2D eigenvalue weighted by Gasteiger charge is 2.42. The molecular weight excluding hydrogens is 212 g/mol. The number of nitrogens with zero attached hydrogens (tertiary/aromatic N) is 1. The first kappa shape index (κ1) is 14.0. The van der Waals surface area contributed by atoms with E-state index >= 15 is 0 Å². The van der Waals surface area contributed by atoms with Crippen LogP contribution in [0.25, 0.3) is 0 Å². The van der Waals surface area contributed by atoms with Crippen LogP contribution in [0.4, 0.5) is 0 Å². The van der Waals surface area contributed by atoms with E-state index in [0.717, 1.165) is 25.7 Å². The summed E-state index contributed by atoms with van der Waals surface area (Å²) in [5, 5.41) is 12.5. The van der Waals surface area contributed by atoms with Gasteiger partial charge < -0.3 is 5.32 Å². The Labute approximate surface area is 105 Å². The predicted octanol–water partition coefficient (Wildman–Crippen LogP) is 3.16. The smallest absolute Gasteiger partial charge is 0.240 e. The molecule has 1 saturated carbocycles. The van der Waals surface area contributed by atoms with Crippen LogP contribution in [0.15, 0.2) is 0 Å². The number of rotatable bonds is 6. The summed E-state index contributed by atoms with van der Waals surface area (Å²) < 4.78 is 0. The van der Waals surface area contributed by atoms with Gasteiger partial charge >= 0.3 is 0 Å². The Bertz CT molecular complexity index is 307. The van der Waals surface area contributed by atoms with Crippen molar-refractivity contribution in [2.45, 2.75) is 71.3 Å². The topological polar surface area (TPSA) is 52.9 Å². The predicted molar refractivity (Wildman–Crippen MR) is 68.3 cm³/mol. The van der Waals surface area contributed by atoms with E-state index in [4.69, 9.17) is 0 Å². The van der Waals surface area contributed by atoms with E-state index in [-0.39, 0.29) is 11.4 Å². The highest BCUT2D eigenvalue weighted by atomic mass is 16.2. The second-order valence-electron chi connectivity index (χ2n) is 5.56. The van der Waals surface area contributed by atoms with Crippen molar-refractivity contribution in [3.8, 4) is 6.07 Å². The van der Waals surface area contributed by atoms with Crippen LogP contribution in [0.1, 0.15) is 65.7 Å². The molecule has 0 radical (unpaired) electrons. The Morgan fingerprint density at radius 2 is 1.88 bits per heavy atom. The van der Waals surface area contributed by atoms with Gasteiger partial charge in [-0.15, -0.1) is 0 Å². The molecule has 0 saturated heterocycles. The molecule has 0 aromatic heterocycles. The van der Waals surface area contributed by atoms with Crippen LogP contribution < -0.4 is 5.32 Å². The summed E-state index contributed by atoms with van der Waals surface area (Å²) in [6.45, 7) is 6.13. The third kappa shape index (κ3) is 3.00. The van der Waals surface area contributed by atoms with Gasteiger partial charge in [-0.2, -0.15) is 5.26 Å². The van der Waals surface area contributed by atoms with Gasteiger partial charge in [0, 0.05) is 5.54 Å². The van der Waals surface area contributed by atoms with Gasteiger partial charge in [-0.3, -0.25) is 4.79 Å². The van der Waals surface area contributed by atoms with Gasteiger partial charge in [0.1, 0.15) is 5.41 Å². The average molecular weight is 236 g/mol. The summed E-state index contributed by atoms with van der Waals surface area (Å²) in [5.41, 5.74) is -0.858. The minimum Gasteiger partial charge on any atom is -0.350 e. The maximum atomic E-state index is 12.4. The first-order valence-electron chi connectivity index (χ1n) is 6.76. The van der Waals surface area contributed by atoms with Crippen molar-refractivity contribution in [3.05, 3.63) is 0 Å². The Morgan fingerprint density at radius 3 is 2.18 bits per heavy atom. The Balaban J connectivity index is 2.75. The molecule has 1 fully saturated rings. The fraction of sp³-hybridized carbons (Fsp3) is 0.857. The van der Waals surface area contributed by atoms with Gasteiger partial charge in [-0.05, 0) is 39.0 Å². The van der Waals surface area contributed by atoms with Crippen molar-refractivity contribution in [1.82, 2.24) is 5.32 Å². The Morgan fingerprint density at radius 1 is 1.35 bits per heavy atom. The summed E-state index contributed by atoms with van der Waals surface area (Å²) >= 11 is 0. The number of nitriles is 1. The van der Waals surface area contributed by atoms with Gasteiger partial charge in [-0.1, -0.05) is 26.7 Å². The lowest BCUT2D eigenvalue weighted by Gasteiger charge is -2.41. The first-order valence-corrected chi connectivity index (χ1v) is 6.76. The molecule has 0 atom stereocenters. The van der Waals surface area contributed by atoms with Gasteiger partial charge in [-0.25, -0.2) is 0 Å². The summed E-state index contributed by atoms with van der Waals surface area (Å²) in [7, 11) is 0. The zero-order chi connectivity index (χ0) is 12.9. The maximum Gasteiger partial charge on any atom is 0.240 e. The molecule has 96 valence electrons. The lowest BCUT2D eigenvalue weighted by Crippen LogP contribution is -2.55. The van der Waals surface area contributed by atoms with Crippen LogP contribution in [0, 0.1) is 16.7 Å². The number of hydrogen-bond donors (Lipinski definition) is 1. The number of carbonyl (C=O) groups is 1. The van der Waals surface area contributed by atoms with Crippen LogP contribution in [0.5, 0.6) is 0 Å². The lowest BCUT2D eigenvalue weighted by molar-refractivity contribution is -0.131. The molecule has 0 spiro atoms. The first-order chi connectivity index (χ1) is 8.02. The largest absolute Gasteiger partial charge is 0.350 e. The van der Waals surface area contributed by atoms with E-state index in [1.807, 2.05) is 13.8 Å². The van der Waals surface area contributed by atoms with Gasteiger partial charge in [0.15, 0.2) is 0 Å². The maximum absolute atomic E-state index is 12.4. The third-order valence-electron chi connectivity index (χ3n) is 3.87. The zero-order valence-corrected chi connectivity index (χ0v) is 11.3. The lowest BCUT2D eigenvalue weighted by atomic mass is 9.75. The second-order valence-corrected chi connectivity index (χ2v) is 5.56. The molecule has 0 unspecified atom stereocenters. The Hall–Kier alpha value is -1.04. The van der Waals surface area contributed by atoms with Crippen LogP contribution in [0.3, 0.4) is 0 Å². The highest BCUT2D eigenvalue weighted by Crippen LogP contribution is 2.35. The molecule has 17 heavy (non-hydrogen) atoms. The fourth-order valence-corrected chi connectivity index (χ4v) is 2.59. The Kier molecular flexibility index (Phi) is 4.56. The number of amides is 1. The molecule has 1 aliphatic rings. The van der Waals surface area contributed by atoms with Crippen molar-refractivity contribution in [2.24, 2.45) is 5.41 Å². The monoisotopic (exact) mass is 236 g/mol. The van der Waals surface area contributed by atoms with E-state index in [2.05, 4.69) is 18.3 Å². The number of hydrogen-bond acceptors (Lipinski definition) is 2. The van der Waals surface area contributed by atoms with Crippen LogP contribution in [0.2, 0.25) is 0 Å². The van der Waals surface area contributed by atoms with Crippen molar-refractivity contribution >= 4 is 5.91 Å². The molecule has 3 nitrogen and oxygen atoms in total. The molecule has 0 aromatic carbocycles. The molecule has 0 aliphatic heterocycles.